The zero-order chi connectivity index (χ0) is 15.9. The molecule has 0 bridgehead atoms. The van der Waals surface area contributed by atoms with E-state index in [4.69, 9.17) is 0 Å². The van der Waals surface area contributed by atoms with Crippen molar-refractivity contribution in [3.05, 3.63) is 35.9 Å². The third-order valence-electron chi connectivity index (χ3n) is 5.44. The fraction of sp³-hybridized carbons (Fsp3) is 0.650. The molecule has 3 rings (SSSR count). The monoisotopic (exact) mass is 314 g/mol. The first kappa shape index (κ1) is 16.5. The molecule has 1 saturated carbocycles. The summed E-state index contributed by atoms with van der Waals surface area (Å²) in [4.78, 5) is 14.5. The Kier molecular flexibility index (Phi) is 6.09. The van der Waals surface area contributed by atoms with E-state index in [0.717, 1.165) is 31.8 Å². The first-order valence-corrected chi connectivity index (χ1v) is 9.32. The maximum atomic E-state index is 12.0. The normalized spacial score (nSPS) is 22.5. The van der Waals surface area contributed by atoms with Gasteiger partial charge in [-0.05, 0) is 49.6 Å². The van der Waals surface area contributed by atoms with Gasteiger partial charge in [-0.15, -0.1) is 0 Å². The van der Waals surface area contributed by atoms with Gasteiger partial charge >= 0.3 is 0 Å². The van der Waals surface area contributed by atoms with Gasteiger partial charge in [0, 0.05) is 26.1 Å². The Bertz CT molecular complexity index is 482. The molecule has 3 nitrogen and oxygen atoms in total. The Morgan fingerprint density at radius 1 is 1.09 bits per heavy atom. The predicted octanol–water partition coefficient (Wildman–Crippen LogP) is 3.60. The SMILES string of the molecule is O=C(CC1CCCC1)NCCC1CCN(Cc2ccccc2)C1. The molecule has 1 atom stereocenters. The number of likely N-dealkylation sites (tertiary alicyclic amines) is 1. The van der Waals surface area contributed by atoms with Crippen LogP contribution in [0, 0.1) is 11.8 Å². The molecular weight excluding hydrogens is 284 g/mol. The van der Waals surface area contributed by atoms with Gasteiger partial charge in [-0.1, -0.05) is 43.2 Å². The fourth-order valence-corrected chi connectivity index (χ4v) is 4.10. The minimum absolute atomic E-state index is 0.274. The molecule has 2 fully saturated rings. The van der Waals surface area contributed by atoms with E-state index in [1.54, 1.807) is 0 Å². The molecule has 1 aromatic rings. The molecule has 0 aromatic heterocycles. The molecule has 3 heteroatoms. The lowest BCUT2D eigenvalue weighted by Gasteiger charge is -2.16. The van der Waals surface area contributed by atoms with Crippen LogP contribution in [-0.2, 0) is 11.3 Å². The second-order valence-electron chi connectivity index (χ2n) is 7.37. The summed E-state index contributed by atoms with van der Waals surface area (Å²) in [6.07, 6.45) is 8.29. The maximum absolute atomic E-state index is 12.0. The molecular formula is C20H30N2O. The Labute approximate surface area is 140 Å². The summed E-state index contributed by atoms with van der Waals surface area (Å²) in [6, 6.07) is 10.7. The molecule has 1 amide bonds. The van der Waals surface area contributed by atoms with Gasteiger partial charge in [0.05, 0.1) is 0 Å². The van der Waals surface area contributed by atoms with Gasteiger partial charge in [-0.3, -0.25) is 9.69 Å². The number of amides is 1. The summed E-state index contributed by atoms with van der Waals surface area (Å²) in [5, 5.41) is 3.14. The van der Waals surface area contributed by atoms with Crippen LogP contribution >= 0.6 is 0 Å². The first-order valence-electron chi connectivity index (χ1n) is 9.32. The molecule has 1 aromatic carbocycles. The van der Waals surface area contributed by atoms with Crippen LogP contribution in [0.5, 0.6) is 0 Å². The van der Waals surface area contributed by atoms with Crippen LogP contribution in [0.15, 0.2) is 30.3 Å². The van der Waals surface area contributed by atoms with Crippen molar-refractivity contribution in [1.82, 2.24) is 10.2 Å². The number of benzene rings is 1. The van der Waals surface area contributed by atoms with E-state index in [1.807, 2.05) is 0 Å². The highest BCUT2D eigenvalue weighted by molar-refractivity contribution is 5.76. The quantitative estimate of drug-likeness (QED) is 0.834. The van der Waals surface area contributed by atoms with Crippen molar-refractivity contribution >= 4 is 5.91 Å². The van der Waals surface area contributed by atoms with Gasteiger partial charge in [0.1, 0.15) is 0 Å². The minimum atomic E-state index is 0.274. The van der Waals surface area contributed by atoms with Crippen molar-refractivity contribution in [2.45, 2.75) is 51.5 Å². The van der Waals surface area contributed by atoms with Crippen LogP contribution in [0.3, 0.4) is 0 Å². The largest absolute Gasteiger partial charge is 0.356 e. The van der Waals surface area contributed by atoms with Crippen molar-refractivity contribution in [2.24, 2.45) is 11.8 Å². The van der Waals surface area contributed by atoms with E-state index in [2.05, 4.69) is 40.5 Å². The summed E-state index contributed by atoms with van der Waals surface area (Å²) < 4.78 is 0. The molecule has 2 aliphatic rings. The molecule has 1 aliphatic heterocycles. The summed E-state index contributed by atoms with van der Waals surface area (Å²) in [7, 11) is 0. The number of hydrogen-bond donors (Lipinski definition) is 1. The highest BCUT2D eigenvalue weighted by Crippen LogP contribution is 2.27. The van der Waals surface area contributed by atoms with Gasteiger partial charge in [-0.2, -0.15) is 0 Å². The van der Waals surface area contributed by atoms with E-state index in [0.29, 0.717) is 5.92 Å². The van der Waals surface area contributed by atoms with Crippen LogP contribution < -0.4 is 5.32 Å². The summed E-state index contributed by atoms with van der Waals surface area (Å²) in [5.41, 5.74) is 1.40. The molecule has 0 spiro atoms. The van der Waals surface area contributed by atoms with E-state index in [1.165, 1.54) is 50.8 Å². The molecule has 1 N–H and O–H groups in total. The molecule has 0 radical (unpaired) electrons. The van der Waals surface area contributed by atoms with Crippen LogP contribution in [0.2, 0.25) is 0 Å². The first-order chi connectivity index (χ1) is 11.3. The summed E-state index contributed by atoms with van der Waals surface area (Å²) in [6.45, 7) is 4.28. The maximum Gasteiger partial charge on any atom is 0.220 e. The molecule has 1 unspecified atom stereocenters. The smallest absolute Gasteiger partial charge is 0.220 e. The van der Waals surface area contributed by atoms with E-state index >= 15 is 0 Å². The van der Waals surface area contributed by atoms with Gasteiger partial charge in [-0.25, -0.2) is 0 Å². The van der Waals surface area contributed by atoms with Crippen LogP contribution in [0.1, 0.15) is 50.5 Å². The second-order valence-corrected chi connectivity index (χ2v) is 7.37. The number of nitrogens with zero attached hydrogens (tertiary/aromatic N) is 1. The van der Waals surface area contributed by atoms with Crippen molar-refractivity contribution in [1.29, 1.82) is 0 Å². The molecule has 1 aliphatic carbocycles. The van der Waals surface area contributed by atoms with Crippen LogP contribution in [0.4, 0.5) is 0 Å². The van der Waals surface area contributed by atoms with Crippen LogP contribution in [-0.4, -0.2) is 30.4 Å². The highest BCUT2D eigenvalue weighted by Gasteiger charge is 2.22. The van der Waals surface area contributed by atoms with Crippen molar-refractivity contribution in [3.8, 4) is 0 Å². The Balaban J connectivity index is 1.30. The average molecular weight is 314 g/mol. The van der Waals surface area contributed by atoms with Gasteiger partial charge in [0.25, 0.3) is 0 Å². The zero-order valence-corrected chi connectivity index (χ0v) is 14.2. The second kappa shape index (κ2) is 8.49. The van der Waals surface area contributed by atoms with Crippen molar-refractivity contribution in [2.75, 3.05) is 19.6 Å². The number of carbonyl (C=O) groups is 1. The molecule has 1 saturated heterocycles. The third kappa shape index (κ3) is 5.35. The number of hydrogen-bond acceptors (Lipinski definition) is 2. The third-order valence-corrected chi connectivity index (χ3v) is 5.44. The van der Waals surface area contributed by atoms with Gasteiger partial charge in [0.15, 0.2) is 0 Å². The van der Waals surface area contributed by atoms with E-state index in [9.17, 15) is 4.79 Å². The van der Waals surface area contributed by atoms with Crippen molar-refractivity contribution in [3.63, 3.8) is 0 Å². The molecule has 23 heavy (non-hydrogen) atoms. The summed E-state index contributed by atoms with van der Waals surface area (Å²) >= 11 is 0. The highest BCUT2D eigenvalue weighted by atomic mass is 16.1. The van der Waals surface area contributed by atoms with Crippen molar-refractivity contribution < 1.29 is 4.79 Å². The predicted molar refractivity (Wildman–Crippen MR) is 94.0 cm³/mol. The lowest BCUT2D eigenvalue weighted by atomic mass is 10.0. The standard InChI is InChI=1S/C20H30N2O/c23-20(14-17-6-4-5-7-17)21-12-10-19-11-13-22(16-19)15-18-8-2-1-3-9-18/h1-3,8-9,17,19H,4-7,10-16H2,(H,21,23). The zero-order valence-electron chi connectivity index (χ0n) is 14.2. The molecule has 1 heterocycles. The number of rotatable bonds is 7. The average Bonchev–Trinajstić information content (AvgIpc) is 3.21. The van der Waals surface area contributed by atoms with E-state index < -0.39 is 0 Å². The Morgan fingerprint density at radius 2 is 1.87 bits per heavy atom. The lowest BCUT2D eigenvalue weighted by molar-refractivity contribution is -0.122. The lowest BCUT2D eigenvalue weighted by Crippen LogP contribution is -2.28. The van der Waals surface area contributed by atoms with E-state index in [-0.39, 0.29) is 5.91 Å². The summed E-state index contributed by atoms with van der Waals surface area (Å²) in [5.74, 6) is 1.67. The number of nitrogens with one attached hydrogen (secondary N) is 1. The topological polar surface area (TPSA) is 32.3 Å². The van der Waals surface area contributed by atoms with Gasteiger partial charge < -0.3 is 5.32 Å². The Hall–Kier alpha value is -1.35. The minimum Gasteiger partial charge on any atom is -0.356 e. The fourth-order valence-electron chi connectivity index (χ4n) is 4.10. The number of carbonyl (C=O) groups excluding carboxylic acids is 1. The van der Waals surface area contributed by atoms with Gasteiger partial charge in [0.2, 0.25) is 5.91 Å². The van der Waals surface area contributed by atoms with Crippen LogP contribution in [0.25, 0.3) is 0 Å². The molecule has 126 valence electrons. The Morgan fingerprint density at radius 3 is 2.65 bits per heavy atom.